The number of benzene rings is 3. The highest BCUT2D eigenvalue weighted by Crippen LogP contribution is 2.28. The molecule has 2 heterocycles. The minimum Gasteiger partial charge on any atom is -0.346 e. The van der Waals surface area contributed by atoms with Gasteiger partial charge in [-0.3, -0.25) is 9.78 Å². The van der Waals surface area contributed by atoms with E-state index < -0.39 is 0 Å². The van der Waals surface area contributed by atoms with Crippen LogP contribution in [-0.4, -0.2) is 20.4 Å². The summed E-state index contributed by atoms with van der Waals surface area (Å²) in [7, 11) is 0. The van der Waals surface area contributed by atoms with Gasteiger partial charge in [0.25, 0.3) is 5.91 Å². The Morgan fingerprint density at radius 3 is 2.58 bits per heavy atom. The fourth-order valence-corrected chi connectivity index (χ4v) is 5.20. The molecule has 1 N–H and O–H groups in total. The van der Waals surface area contributed by atoms with E-state index >= 15 is 0 Å². The number of pyridine rings is 1. The number of hydrogen-bond acceptors (Lipinski definition) is 4. The zero-order valence-electron chi connectivity index (χ0n) is 19.8. The number of carbonyl (C=O) groups is 1. The Morgan fingerprint density at radius 1 is 1.00 bits per heavy atom. The van der Waals surface area contributed by atoms with E-state index in [4.69, 9.17) is 16.6 Å². The lowest BCUT2D eigenvalue weighted by Crippen LogP contribution is -2.26. The topological polar surface area (TPSA) is 59.8 Å². The minimum atomic E-state index is -0.0899. The molecule has 0 fully saturated rings. The molecule has 0 spiro atoms. The van der Waals surface area contributed by atoms with Gasteiger partial charge in [-0.15, -0.1) is 0 Å². The van der Waals surface area contributed by atoms with Crippen LogP contribution in [0.25, 0.3) is 11.0 Å². The van der Waals surface area contributed by atoms with Gasteiger partial charge < -0.3 is 9.88 Å². The molecule has 0 aliphatic carbocycles. The van der Waals surface area contributed by atoms with Gasteiger partial charge in [0.15, 0.2) is 5.16 Å². The Kier molecular flexibility index (Phi) is 7.35. The molecule has 1 atom stereocenters. The lowest BCUT2D eigenvalue weighted by Gasteiger charge is -2.14. The Labute approximate surface area is 219 Å². The number of imidazole rings is 1. The third kappa shape index (κ3) is 5.61. The van der Waals surface area contributed by atoms with Crippen molar-refractivity contribution in [3.63, 3.8) is 0 Å². The summed E-state index contributed by atoms with van der Waals surface area (Å²) in [6.45, 7) is 2.62. The van der Waals surface area contributed by atoms with Crippen molar-refractivity contribution >= 4 is 40.3 Å². The first kappa shape index (κ1) is 24.1. The van der Waals surface area contributed by atoms with Gasteiger partial charge in [-0.25, -0.2) is 4.98 Å². The van der Waals surface area contributed by atoms with Crippen LogP contribution in [0.5, 0.6) is 0 Å². The van der Waals surface area contributed by atoms with Crippen LogP contribution in [0.1, 0.15) is 40.0 Å². The maximum Gasteiger partial charge on any atom is 0.251 e. The summed E-state index contributed by atoms with van der Waals surface area (Å²) in [5, 5.41) is 4.72. The number of carbonyl (C=O) groups excluding carboxylic acids is 1. The molecule has 0 bridgehead atoms. The number of aromatic nitrogens is 3. The second-order valence-corrected chi connectivity index (χ2v) is 9.95. The number of nitrogens with one attached hydrogen (secondary N) is 1. The minimum absolute atomic E-state index is 0.0673. The van der Waals surface area contributed by atoms with Crippen LogP contribution in [-0.2, 0) is 12.3 Å². The molecule has 5 aromatic rings. The first-order chi connectivity index (χ1) is 17.6. The molecule has 0 saturated carbocycles. The molecular weight excluding hydrogens is 488 g/mol. The first-order valence-corrected chi connectivity index (χ1v) is 13.1. The van der Waals surface area contributed by atoms with E-state index in [2.05, 4.69) is 20.9 Å². The van der Waals surface area contributed by atoms with E-state index in [1.165, 1.54) is 0 Å². The quantitative estimate of drug-likeness (QED) is 0.229. The molecule has 2 aromatic heterocycles. The van der Waals surface area contributed by atoms with Gasteiger partial charge in [-0.1, -0.05) is 78.0 Å². The van der Waals surface area contributed by atoms with E-state index in [1.54, 1.807) is 18.0 Å². The molecule has 36 heavy (non-hydrogen) atoms. The summed E-state index contributed by atoms with van der Waals surface area (Å²) in [6.07, 6.45) is 3.60. The predicted molar refractivity (Wildman–Crippen MR) is 146 cm³/mol. The average molecular weight is 513 g/mol. The van der Waals surface area contributed by atoms with E-state index in [1.807, 2.05) is 92.0 Å². The van der Waals surface area contributed by atoms with Gasteiger partial charge in [-0.05, 0) is 53.9 Å². The van der Waals surface area contributed by atoms with E-state index in [0.29, 0.717) is 12.1 Å². The van der Waals surface area contributed by atoms with Crippen molar-refractivity contribution in [3.8, 4) is 0 Å². The van der Waals surface area contributed by atoms with Crippen molar-refractivity contribution in [2.24, 2.45) is 0 Å². The monoisotopic (exact) mass is 512 g/mol. The van der Waals surface area contributed by atoms with E-state index in [9.17, 15) is 4.79 Å². The number of thioether (sulfide) groups is 1. The molecule has 5 rings (SSSR count). The number of nitrogens with zero attached hydrogens (tertiary/aromatic N) is 3. The van der Waals surface area contributed by atoms with E-state index in [-0.39, 0.29) is 11.9 Å². The molecule has 0 aliphatic heterocycles. The highest BCUT2D eigenvalue weighted by atomic mass is 35.5. The lowest BCUT2D eigenvalue weighted by atomic mass is 10.1. The number of halogens is 1. The summed E-state index contributed by atoms with van der Waals surface area (Å²) in [5.41, 5.74) is 5.81. The van der Waals surface area contributed by atoms with Crippen LogP contribution >= 0.6 is 23.4 Å². The van der Waals surface area contributed by atoms with Crippen LogP contribution < -0.4 is 5.32 Å². The standard InChI is InChI=1S/C29H25ClN4OS/c1-20(23-7-3-2-4-8-23)32-28(35)24-12-10-21(11-13-24)18-34-27-17-31-15-14-26(27)33-29(34)36-19-22-6-5-9-25(30)16-22/h2-17,20H,18-19H2,1H3,(H,32,35). The van der Waals surface area contributed by atoms with Crippen molar-refractivity contribution in [2.75, 3.05) is 0 Å². The van der Waals surface area contributed by atoms with Crippen molar-refractivity contribution < 1.29 is 4.79 Å². The van der Waals surface area contributed by atoms with Crippen LogP contribution in [0, 0.1) is 0 Å². The third-order valence-corrected chi connectivity index (χ3v) is 7.26. The van der Waals surface area contributed by atoms with E-state index in [0.717, 1.165) is 43.7 Å². The van der Waals surface area contributed by atoms with Crippen molar-refractivity contribution in [1.29, 1.82) is 0 Å². The Hall–Kier alpha value is -3.61. The maximum atomic E-state index is 12.8. The molecule has 5 nitrogen and oxygen atoms in total. The number of rotatable bonds is 8. The molecule has 0 saturated heterocycles. The molecule has 3 aromatic carbocycles. The van der Waals surface area contributed by atoms with Crippen LogP contribution in [0.4, 0.5) is 0 Å². The normalized spacial score (nSPS) is 11.9. The van der Waals surface area contributed by atoms with Crippen LogP contribution in [0.2, 0.25) is 5.02 Å². The highest BCUT2D eigenvalue weighted by Gasteiger charge is 2.14. The number of amides is 1. The smallest absolute Gasteiger partial charge is 0.251 e. The summed E-state index contributed by atoms with van der Waals surface area (Å²) in [5.74, 6) is 0.670. The Bertz CT molecular complexity index is 1480. The second-order valence-electron chi connectivity index (χ2n) is 8.57. The number of hydrogen-bond donors (Lipinski definition) is 1. The highest BCUT2D eigenvalue weighted by molar-refractivity contribution is 7.98. The zero-order valence-corrected chi connectivity index (χ0v) is 21.3. The average Bonchev–Trinajstić information content (AvgIpc) is 3.25. The van der Waals surface area contributed by atoms with Gasteiger partial charge in [0.1, 0.15) is 0 Å². The lowest BCUT2D eigenvalue weighted by molar-refractivity contribution is 0.0940. The van der Waals surface area contributed by atoms with Crippen molar-refractivity contribution in [2.45, 2.75) is 30.4 Å². The van der Waals surface area contributed by atoms with Gasteiger partial charge in [0.05, 0.1) is 29.8 Å². The second kappa shape index (κ2) is 11.0. The first-order valence-electron chi connectivity index (χ1n) is 11.7. The maximum absolute atomic E-state index is 12.8. The molecule has 0 aliphatic rings. The molecular formula is C29H25ClN4OS. The predicted octanol–water partition coefficient (Wildman–Crippen LogP) is 6.92. The van der Waals surface area contributed by atoms with Gasteiger partial charge in [0, 0.05) is 22.5 Å². The fourth-order valence-electron chi connectivity index (χ4n) is 4.03. The zero-order chi connectivity index (χ0) is 24.9. The molecule has 180 valence electrons. The van der Waals surface area contributed by atoms with Crippen molar-refractivity contribution in [1.82, 2.24) is 19.9 Å². The summed E-state index contributed by atoms with van der Waals surface area (Å²) < 4.78 is 2.17. The van der Waals surface area contributed by atoms with Crippen LogP contribution in [0.3, 0.4) is 0 Å². The summed E-state index contributed by atoms with van der Waals surface area (Å²) in [6, 6.07) is 27.4. The number of fused-ring (bicyclic) bond motifs is 1. The summed E-state index contributed by atoms with van der Waals surface area (Å²) in [4.78, 5) is 21.9. The molecule has 1 unspecified atom stereocenters. The van der Waals surface area contributed by atoms with Gasteiger partial charge in [0.2, 0.25) is 0 Å². The Morgan fingerprint density at radius 2 is 1.81 bits per heavy atom. The SMILES string of the molecule is CC(NC(=O)c1ccc(Cn2c(SCc3cccc(Cl)c3)nc3ccncc32)cc1)c1ccccc1. The fraction of sp³-hybridized carbons (Fsp3) is 0.138. The third-order valence-electron chi connectivity index (χ3n) is 5.98. The largest absolute Gasteiger partial charge is 0.346 e. The van der Waals surface area contributed by atoms with Crippen LogP contribution in [0.15, 0.2) is 102 Å². The van der Waals surface area contributed by atoms with Gasteiger partial charge >= 0.3 is 0 Å². The van der Waals surface area contributed by atoms with Crippen molar-refractivity contribution in [3.05, 3.63) is 125 Å². The Balaban J connectivity index is 1.32. The summed E-state index contributed by atoms with van der Waals surface area (Å²) >= 11 is 7.82. The molecule has 0 radical (unpaired) electrons. The van der Waals surface area contributed by atoms with Gasteiger partial charge in [-0.2, -0.15) is 0 Å². The molecule has 1 amide bonds. The molecule has 7 heteroatoms.